The van der Waals surface area contributed by atoms with Crippen LogP contribution < -0.4 is 0 Å². The van der Waals surface area contributed by atoms with E-state index in [2.05, 4.69) is 6.42 Å². The number of hydrogen-bond acceptors (Lipinski definition) is 5. The average molecular weight is 6200 g/mol. The van der Waals surface area contributed by atoms with Gasteiger partial charge in [-0.25, -0.2) is 65.9 Å². The molecule has 45 heteroatoms. The predicted molar refractivity (Wildman–Crippen MR) is 374 cm³/mol. The molecule has 20 rings (SSSR count). The molecule has 0 radical (unpaired) electrons. The van der Waals surface area contributed by atoms with E-state index in [-0.39, 0.29) is 102 Å². The van der Waals surface area contributed by atoms with E-state index in [0.29, 0.717) is 84.4 Å². The predicted octanol–water partition coefficient (Wildman–Crippen LogP) is 26.7. The molecular formula is C85H119F23O5Rf17-8. The number of aliphatic hydroxyl groups is 5. The number of alkyl halides is 23. The van der Waals surface area contributed by atoms with Crippen molar-refractivity contribution < 1.29 is 127 Å². The van der Waals surface area contributed by atoms with Gasteiger partial charge in [-0.1, -0.05) is 148 Å². The molecule has 20 fully saturated rings. The fourth-order valence-electron chi connectivity index (χ4n) is 31.0. The molecule has 130 heavy (non-hydrogen) atoms. The zero-order chi connectivity index (χ0) is 84.1. The Hall–Kier alpha value is -18.8. The summed E-state index contributed by atoms with van der Waals surface area (Å²) in [5.74, 6) is 5.43. The summed E-state index contributed by atoms with van der Waals surface area (Å²) < 4.78 is 302. The second-order valence-corrected chi connectivity index (χ2v) is 36.7. The van der Waals surface area contributed by atoms with Crippen LogP contribution in [0.3, 0.4) is 0 Å². The van der Waals surface area contributed by atoms with E-state index >= 15 is 4.39 Å². The molecule has 20 saturated carbocycles. The molecule has 0 aromatic carbocycles. The van der Waals surface area contributed by atoms with Gasteiger partial charge in [0.15, 0.2) is 0 Å². The van der Waals surface area contributed by atoms with Gasteiger partial charge in [0, 0.05) is 5.67 Å². The largest absolute Gasteiger partial charge is 0.554 e. The molecule has 20 aliphatic rings. The summed E-state index contributed by atoms with van der Waals surface area (Å²) in [7, 11) is 0. The molecule has 0 heterocycles. The van der Waals surface area contributed by atoms with Crippen molar-refractivity contribution in [2.45, 2.75) is 284 Å². The van der Waals surface area contributed by atoms with Crippen molar-refractivity contribution in [2.24, 2.45) is 194 Å². The first-order valence-electron chi connectivity index (χ1n) is 42.9. The maximum Gasteiger partial charge on any atom is 0.371 e. The first kappa shape index (κ1) is 124. The van der Waals surface area contributed by atoms with Crippen molar-refractivity contribution in [3.63, 3.8) is 0 Å². The molecule has 0 saturated heterocycles. The van der Waals surface area contributed by atoms with Crippen LogP contribution in [-0.2, 0) is 0 Å². The number of rotatable bonds is 8. The van der Waals surface area contributed by atoms with Gasteiger partial charge in [-0.2, -0.15) is 62.9 Å². The number of fused-ring (bicyclic) bond motifs is 45. The van der Waals surface area contributed by atoms with E-state index in [0.717, 1.165) is 94.8 Å². The second-order valence-electron chi connectivity index (χ2n) is 36.7. The molecule has 5 N–H and O–H groups in total. The average Bonchev–Trinajstić information content (AvgIpc) is 1.52. The standard InChI is InChI=1S/C16H18F6O.C15H17F6O.C15H18F4O.C15H19F3O.C14H17F4O.5C2H6.17Rf/c17-15(18,19)11(23)6-14(16(20,21)22)5-9-4-10(14)13-8-2-1-7(3-8)12(9)13;16-14(17,18)12(22)13(15(19,20)21)5-8-4-9(13)11-7-2-1-6(3-7)10(8)11;16-14(6-11(20)15(17,18)19)5-9-4-10(14)13-8-2-1-7(3-8)12(9)13;16-15(17,18)12(19)6-9-4-10-5-11(9)14-8-2-1-7(3-8)13(10)14;15-13(12(19)14(16,17)18)5-8-4-9(13)11-7-2-1-6(3-7)10(8)11;5*1-2;;;;;;;;;;;;;;;;;/h5,7-10,12-13,23H,1-4,6H2;6-11,22H,1-5H2;5,7-10,12-13,20H,1-4,6H2;4,7-11,13-14,19H,1-3,5-6H2;6-11,19H,1-5H2;5*1-2H3;;;;;;;;;;;;;;;;;/q-2;-1;2*-2;-1;;;;;;;;;;;;;;;;;;;;;;. The Balaban J connectivity index is -0.000000275. The molecule has 0 aliphatic heterocycles. The summed E-state index contributed by atoms with van der Waals surface area (Å²) in [5.41, 5.74) is -10.0. The van der Waals surface area contributed by atoms with Crippen LogP contribution in [0.1, 0.15) is 230 Å². The van der Waals surface area contributed by atoms with Crippen LogP contribution in [0.15, 0.2) is 0 Å². The van der Waals surface area contributed by atoms with E-state index in [1.165, 1.54) is 38.5 Å². The molecular weight excluding hydrogens is 6080 g/mol. The van der Waals surface area contributed by atoms with Gasteiger partial charge in [0.1, 0.15) is 0 Å². The van der Waals surface area contributed by atoms with Crippen molar-refractivity contribution >= 4 is 0 Å². The van der Waals surface area contributed by atoms with Crippen molar-refractivity contribution in [1.29, 1.82) is 0 Å². The normalized spacial score (nSPS) is 41.1. The third kappa shape index (κ3) is 17.3. The monoisotopic (exact) mass is 6200 g/mol. The van der Waals surface area contributed by atoms with E-state index in [1.54, 1.807) is 0 Å². The van der Waals surface area contributed by atoms with Crippen LogP contribution in [0.25, 0.3) is 0 Å². The molecule has 5 nitrogen and oxygen atoms in total. The van der Waals surface area contributed by atoms with Gasteiger partial charge in [-0.05, 0) is 257 Å². The Bertz CT molecular complexity index is 3210. The third-order valence-corrected chi connectivity index (χ3v) is 33.3. The Labute approximate surface area is 652 Å². The number of hydrogen-bond donors (Lipinski definition) is 5. The fourth-order valence-corrected chi connectivity index (χ4v) is 31.0. The zero-order valence-corrected chi connectivity index (χ0v) is 187. The summed E-state index contributed by atoms with van der Waals surface area (Å²) in [6.45, 7) is 20.0. The van der Waals surface area contributed by atoms with Gasteiger partial charge in [-0.3, -0.25) is 15.2 Å². The number of halogens is 23. The van der Waals surface area contributed by atoms with Crippen LogP contribution in [-0.4, -0.2) is 80.1 Å². The smallest absolute Gasteiger partial charge is 0.371 e. The van der Waals surface area contributed by atoms with E-state index in [4.69, 9.17) is 5.11 Å². The van der Waals surface area contributed by atoms with Crippen LogP contribution in [0.4, 0.5) is 101 Å². The molecule has 0 spiro atoms. The molecule has 35 unspecified atom stereocenters. The summed E-state index contributed by atoms with van der Waals surface area (Å²) in [6, 6.07) is 0. The minimum absolute atomic E-state index is 0. The number of aliphatic hydroxyl groups excluding tert-OH is 5. The molecule has 0 aromatic rings. The maximum atomic E-state index is 15.0. The van der Waals surface area contributed by atoms with Crippen molar-refractivity contribution in [3.8, 4) is 0 Å². The van der Waals surface area contributed by atoms with Gasteiger partial charge in [0.05, 0.1) is 0 Å². The Morgan fingerprint density at radius 3 is 0.938 bits per heavy atom. The fraction of sp³-hybridized carbons (Fsp3) is 0.906. The minimum Gasteiger partial charge on any atom is -0.554 e. The summed E-state index contributed by atoms with van der Waals surface area (Å²) in [5, 5.41) is 46.5. The maximum absolute atomic E-state index is 15.0. The van der Waals surface area contributed by atoms with E-state index in [9.17, 15) is 117 Å². The molecule has 20 bridgehead atoms. The molecule has 692 valence electrons. The van der Waals surface area contributed by atoms with Crippen LogP contribution in [0, 0.1) is 244 Å². The van der Waals surface area contributed by atoms with Crippen molar-refractivity contribution in [2.75, 3.05) is 0 Å². The molecule has 35 atom stereocenters. The molecule has 0 amide bonds. The van der Waals surface area contributed by atoms with Gasteiger partial charge >= 0.3 is 12.4 Å². The molecule has 0 aromatic heterocycles. The summed E-state index contributed by atoms with van der Waals surface area (Å²) >= 11 is 0. The SMILES string of the molecule is CC.CC.CC.CC.CC.O[C-](C(F)(F)F)C1(C(F)(F)F)CC2CC1C1C3CCC(C3)C21.O[C-](C(F)(F)F)C1(F)CC2CC1C1C3CCC(C3)C21.O[C-](CC1(C(F)(F)F)[CH-]C2CC1C1C3CCC(C3)C21)C(F)(F)F.O[C-](CC1(F)[CH-]C2CC1C1C3CCC(C3)C21)C(F)(F)F.O[C-](CC1[CH-]C2CC1C1C3CCC(C3)C21)C(F)(F)F.[Rf].[Rf].[Rf].[Rf].[Rf].[Rf].[Rf].[Rf].[Rf].[Rf].[Rf].[Rf].[Rf].[Rf].[Rf].[Rf].[Rf]. The molecule has 20 aliphatic carbocycles. The Kier molecular flexibility index (Phi) is 37.5. The third-order valence-electron chi connectivity index (χ3n) is 33.3. The first-order valence-corrected chi connectivity index (χ1v) is 42.9. The summed E-state index contributed by atoms with van der Waals surface area (Å²) in [4.78, 5) is 0. The van der Waals surface area contributed by atoms with Crippen LogP contribution >= 0.6 is 0 Å². The van der Waals surface area contributed by atoms with Gasteiger partial charge in [0.2, 0.25) is 0 Å². The quantitative estimate of drug-likeness (QED) is 0.0947. The van der Waals surface area contributed by atoms with Crippen LogP contribution in [0.2, 0.25) is 0 Å². The zero-order valence-electron chi connectivity index (χ0n) is 78.3. The first-order chi connectivity index (χ1) is 52.7. The van der Waals surface area contributed by atoms with Gasteiger partial charge in [0.25, 0.3) is 30.9 Å². The van der Waals surface area contributed by atoms with Gasteiger partial charge < -0.3 is 38.4 Å². The Morgan fingerprint density at radius 1 is 0.277 bits per heavy atom. The van der Waals surface area contributed by atoms with E-state index in [1.807, 2.05) is 69.2 Å². The van der Waals surface area contributed by atoms with E-state index < -0.39 is 133 Å². The van der Waals surface area contributed by atoms with Crippen molar-refractivity contribution in [1.82, 2.24) is 0 Å². The summed E-state index contributed by atoms with van der Waals surface area (Å²) in [6.07, 6.45) is -22.9. The van der Waals surface area contributed by atoms with Crippen molar-refractivity contribution in [3.05, 3.63) is 49.8 Å². The Morgan fingerprint density at radius 2 is 0.577 bits per heavy atom. The van der Waals surface area contributed by atoms with Crippen LogP contribution in [0.5, 0.6) is 0 Å². The topological polar surface area (TPSA) is 101 Å². The van der Waals surface area contributed by atoms with Gasteiger partial charge in [-0.15, -0.1) is 18.6 Å². The second kappa shape index (κ2) is 39.1. The minimum atomic E-state index is -5.31.